The van der Waals surface area contributed by atoms with Crippen LogP contribution >= 0.6 is 11.3 Å². The zero-order valence-electron chi connectivity index (χ0n) is 13.9. The molecule has 0 radical (unpaired) electrons. The van der Waals surface area contributed by atoms with Gasteiger partial charge in [-0.25, -0.2) is 9.37 Å². The number of halogens is 1. The number of aryl methyl sites for hydroxylation is 1. The average molecular weight is 358 g/mol. The molecule has 0 atom stereocenters. The van der Waals surface area contributed by atoms with Crippen molar-refractivity contribution in [1.29, 1.82) is 0 Å². The van der Waals surface area contributed by atoms with Gasteiger partial charge in [0.05, 0.1) is 18.3 Å². The van der Waals surface area contributed by atoms with Gasteiger partial charge in [-0.2, -0.15) is 0 Å². The summed E-state index contributed by atoms with van der Waals surface area (Å²) >= 11 is 1.64. The van der Waals surface area contributed by atoms with E-state index in [9.17, 15) is 9.18 Å². The van der Waals surface area contributed by atoms with Crippen molar-refractivity contribution in [2.45, 2.75) is 26.3 Å². The highest BCUT2D eigenvalue weighted by Gasteiger charge is 2.15. The van der Waals surface area contributed by atoms with Crippen LogP contribution in [0.5, 0.6) is 0 Å². The number of benzene rings is 1. The number of amides is 1. The Bertz CT molecular complexity index is 830. The minimum Gasteiger partial charge on any atom is -0.441 e. The van der Waals surface area contributed by atoms with Gasteiger partial charge in [0, 0.05) is 24.3 Å². The molecule has 1 aromatic carbocycles. The Kier molecular flexibility index (Phi) is 5.60. The van der Waals surface area contributed by atoms with E-state index in [2.05, 4.69) is 4.98 Å². The van der Waals surface area contributed by atoms with Gasteiger partial charge in [0.15, 0.2) is 11.7 Å². The van der Waals surface area contributed by atoms with Crippen LogP contribution in [0, 0.1) is 5.82 Å². The molecule has 6 heteroatoms. The molecule has 25 heavy (non-hydrogen) atoms. The summed E-state index contributed by atoms with van der Waals surface area (Å²) in [6.45, 7) is 3.24. The number of thiophene rings is 1. The number of carbonyl (C=O) groups excluding carboxylic acids is 1. The van der Waals surface area contributed by atoms with Crippen LogP contribution in [0.1, 0.15) is 24.1 Å². The maximum atomic E-state index is 13.8. The SMILES string of the molecule is CCN(Cc1cccs1)C(=O)CCc1ncc(-c2ccccc2F)o1. The molecule has 4 nitrogen and oxygen atoms in total. The van der Waals surface area contributed by atoms with Crippen LogP contribution < -0.4 is 0 Å². The summed E-state index contributed by atoms with van der Waals surface area (Å²) in [7, 11) is 0. The summed E-state index contributed by atoms with van der Waals surface area (Å²) in [4.78, 5) is 19.5. The lowest BCUT2D eigenvalue weighted by atomic mass is 10.2. The Labute approximate surface area is 149 Å². The number of hydrogen-bond donors (Lipinski definition) is 0. The van der Waals surface area contributed by atoms with Crippen LogP contribution in [-0.2, 0) is 17.8 Å². The van der Waals surface area contributed by atoms with Crippen LogP contribution in [0.15, 0.2) is 52.4 Å². The molecule has 0 saturated carbocycles. The number of rotatable bonds is 7. The van der Waals surface area contributed by atoms with Gasteiger partial charge in [-0.05, 0) is 30.5 Å². The van der Waals surface area contributed by atoms with Crippen molar-refractivity contribution < 1.29 is 13.6 Å². The van der Waals surface area contributed by atoms with E-state index in [-0.39, 0.29) is 11.7 Å². The van der Waals surface area contributed by atoms with Gasteiger partial charge in [-0.1, -0.05) is 18.2 Å². The van der Waals surface area contributed by atoms with Crippen LogP contribution in [0.2, 0.25) is 0 Å². The fourth-order valence-electron chi connectivity index (χ4n) is 2.55. The molecule has 0 unspecified atom stereocenters. The Balaban J connectivity index is 1.60. The third kappa shape index (κ3) is 4.33. The summed E-state index contributed by atoms with van der Waals surface area (Å²) in [5.74, 6) is 0.529. The van der Waals surface area contributed by atoms with Crippen molar-refractivity contribution >= 4 is 17.2 Å². The molecule has 3 aromatic rings. The molecule has 2 aromatic heterocycles. The molecule has 0 fully saturated rings. The molecule has 2 heterocycles. The normalized spacial score (nSPS) is 10.8. The topological polar surface area (TPSA) is 46.3 Å². The average Bonchev–Trinajstić information content (AvgIpc) is 3.30. The first kappa shape index (κ1) is 17.4. The van der Waals surface area contributed by atoms with E-state index in [1.807, 2.05) is 29.3 Å². The largest absolute Gasteiger partial charge is 0.441 e. The first-order chi connectivity index (χ1) is 12.2. The lowest BCUT2D eigenvalue weighted by Crippen LogP contribution is -2.30. The Hall–Kier alpha value is -2.47. The third-order valence-corrected chi connectivity index (χ3v) is 4.77. The molecule has 0 saturated heterocycles. The van der Waals surface area contributed by atoms with Crippen LogP contribution in [0.4, 0.5) is 4.39 Å². The van der Waals surface area contributed by atoms with E-state index < -0.39 is 0 Å². The second-order valence-electron chi connectivity index (χ2n) is 5.59. The Morgan fingerprint density at radius 1 is 1.28 bits per heavy atom. The van der Waals surface area contributed by atoms with E-state index in [0.717, 1.165) is 4.88 Å². The molecule has 0 bridgehead atoms. The minimum atomic E-state index is -0.352. The highest BCUT2D eigenvalue weighted by molar-refractivity contribution is 7.09. The lowest BCUT2D eigenvalue weighted by molar-refractivity contribution is -0.131. The van der Waals surface area contributed by atoms with Gasteiger partial charge in [-0.15, -0.1) is 11.3 Å². The molecule has 0 aliphatic heterocycles. The fraction of sp³-hybridized carbons (Fsp3) is 0.263. The van der Waals surface area contributed by atoms with Crippen LogP contribution in [0.25, 0.3) is 11.3 Å². The molecule has 0 spiro atoms. The zero-order chi connectivity index (χ0) is 17.6. The van der Waals surface area contributed by atoms with Gasteiger partial charge in [-0.3, -0.25) is 4.79 Å². The van der Waals surface area contributed by atoms with E-state index >= 15 is 0 Å². The predicted molar refractivity (Wildman–Crippen MR) is 95.6 cm³/mol. The Morgan fingerprint density at radius 3 is 2.84 bits per heavy atom. The number of nitrogens with zero attached hydrogens (tertiary/aromatic N) is 2. The van der Waals surface area contributed by atoms with Crippen molar-refractivity contribution in [3.05, 3.63) is 64.6 Å². The lowest BCUT2D eigenvalue weighted by Gasteiger charge is -2.19. The maximum Gasteiger partial charge on any atom is 0.223 e. The number of carbonyl (C=O) groups is 1. The second kappa shape index (κ2) is 8.07. The number of aromatic nitrogens is 1. The molecule has 0 aliphatic rings. The summed E-state index contributed by atoms with van der Waals surface area (Å²) in [6.07, 6.45) is 2.21. The number of oxazole rings is 1. The smallest absolute Gasteiger partial charge is 0.223 e. The standard InChI is InChI=1S/C19H19FN2O2S/c1-2-22(13-14-6-5-11-25-14)19(23)10-9-18-21-12-17(24-18)15-7-3-4-8-16(15)20/h3-8,11-12H,2,9-10,13H2,1H3. The van der Waals surface area contributed by atoms with E-state index in [1.54, 1.807) is 29.5 Å². The molecular formula is C19H19FN2O2S. The third-order valence-electron chi connectivity index (χ3n) is 3.91. The van der Waals surface area contributed by atoms with Crippen molar-refractivity contribution in [2.75, 3.05) is 6.54 Å². The molecule has 0 N–H and O–H groups in total. The predicted octanol–water partition coefficient (Wildman–Crippen LogP) is 4.52. The fourth-order valence-corrected chi connectivity index (χ4v) is 3.27. The van der Waals surface area contributed by atoms with E-state index in [1.165, 1.54) is 12.3 Å². The number of hydrogen-bond acceptors (Lipinski definition) is 4. The van der Waals surface area contributed by atoms with Gasteiger partial charge in [0.1, 0.15) is 5.82 Å². The Morgan fingerprint density at radius 2 is 2.12 bits per heavy atom. The van der Waals surface area contributed by atoms with Gasteiger partial charge in [0.2, 0.25) is 5.91 Å². The molecule has 1 amide bonds. The van der Waals surface area contributed by atoms with Gasteiger partial charge < -0.3 is 9.32 Å². The summed E-state index contributed by atoms with van der Waals surface area (Å²) in [5.41, 5.74) is 0.375. The molecule has 0 aliphatic carbocycles. The maximum absolute atomic E-state index is 13.8. The van der Waals surface area contributed by atoms with Crippen molar-refractivity contribution in [3.8, 4) is 11.3 Å². The monoisotopic (exact) mass is 358 g/mol. The summed E-state index contributed by atoms with van der Waals surface area (Å²) < 4.78 is 19.4. The van der Waals surface area contributed by atoms with E-state index in [4.69, 9.17) is 4.42 Å². The first-order valence-corrected chi connectivity index (χ1v) is 9.05. The van der Waals surface area contributed by atoms with Crippen LogP contribution in [0.3, 0.4) is 0 Å². The summed E-state index contributed by atoms with van der Waals surface area (Å²) in [5, 5.41) is 2.00. The molecule has 3 rings (SSSR count). The highest BCUT2D eigenvalue weighted by atomic mass is 32.1. The van der Waals surface area contributed by atoms with E-state index in [0.29, 0.717) is 43.1 Å². The molecular weight excluding hydrogens is 339 g/mol. The van der Waals surface area contributed by atoms with Gasteiger partial charge in [0.25, 0.3) is 0 Å². The van der Waals surface area contributed by atoms with Crippen LogP contribution in [-0.4, -0.2) is 22.3 Å². The van der Waals surface area contributed by atoms with Crippen molar-refractivity contribution in [3.63, 3.8) is 0 Å². The quantitative estimate of drug-likeness (QED) is 0.624. The molecule has 130 valence electrons. The van der Waals surface area contributed by atoms with Crippen molar-refractivity contribution in [1.82, 2.24) is 9.88 Å². The van der Waals surface area contributed by atoms with Gasteiger partial charge >= 0.3 is 0 Å². The highest BCUT2D eigenvalue weighted by Crippen LogP contribution is 2.23. The van der Waals surface area contributed by atoms with Crippen molar-refractivity contribution in [2.24, 2.45) is 0 Å². The minimum absolute atomic E-state index is 0.0570. The first-order valence-electron chi connectivity index (χ1n) is 8.17. The second-order valence-corrected chi connectivity index (χ2v) is 6.62. The zero-order valence-corrected chi connectivity index (χ0v) is 14.8. The summed E-state index contributed by atoms with van der Waals surface area (Å²) in [6, 6.07) is 10.4.